The van der Waals surface area contributed by atoms with Crippen LogP contribution in [0.5, 0.6) is 0 Å². The lowest BCUT2D eigenvalue weighted by molar-refractivity contribution is -0.187. The molecule has 6 heteroatoms. The van der Waals surface area contributed by atoms with Gasteiger partial charge in [0.05, 0.1) is 5.92 Å². The number of likely N-dealkylation sites (tertiary alicyclic amines) is 1. The number of carbonyl (C=O) groups excluding carboxylic acids is 1. The van der Waals surface area contributed by atoms with Crippen LogP contribution in [0.4, 0.5) is 13.2 Å². The molecule has 2 aliphatic rings. The molecule has 20 heavy (non-hydrogen) atoms. The Bertz CT molecular complexity index is 348. The van der Waals surface area contributed by atoms with Crippen molar-refractivity contribution in [2.75, 3.05) is 12.4 Å². The minimum absolute atomic E-state index is 0.00387. The summed E-state index contributed by atoms with van der Waals surface area (Å²) in [6, 6.07) is 0.00387. The van der Waals surface area contributed by atoms with E-state index in [1.807, 2.05) is 0 Å². The van der Waals surface area contributed by atoms with Crippen LogP contribution in [0.15, 0.2) is 0 Å². The molecule has 1 aliphatic carbocycles. The molecule has 2 nitrogen and oxygen atoms in total. The summed E-state index contributed by atoms with van der Waals surface area (Å²) in [6.07, 6.45) is -0.167. The number of alkyl halides is 4. The number of hydrogen-bond acceptors (Lipinski definition) is 1. The Morgan fingerprint density at radius 3 is 2.55 bits per heavy atom. The minimum atomic E-state index is -4.17. The first-order chi connectivity index (χ1) is 9.43. The van der Waals surface area contributed by atoms with Crippen LogP contribution < -0.4 is 0 Å². The molecule has 1 saturated carbocycles. The van der Waals surface area contributed by atoms with Gasteiger partial charge in [0.25, 0.3) is 0 Å². The van der Waals surface area contributed by atoms with Gasteiger partial charge in [-0.3, -0.25) is 4.79 Å². The van der Waals surface area contributed by atoms with Crippen molar-refractivity contribution in [3.8, 4) is 0 Å². The molecule has 1 heterocycles. The normalized spacial score (nSPS) is 32.2. The summed E-state index contributed by atoms with van der Waals surface area (Å²) in [6.45, 7) is 0.642. The van der Waals surface area contributed by atoms with E-state index in [1.54, 1.807) is 4.90 Å². The third-order valence-corrected chi connectivity index (χ3v) is 4.93. The van der Waals surface area contributed by atoms with Crippen LogP contribution in [0, 0.1) is 11.8 Å². The lowest BCUT2D eigenvalue weighted by Gasteiger charge is -2.39. The summed E-state index contributed by atoms with van der Waals surface area (Å²) in [5, 5.41) is 0. The predicted octanol–water partition coefficient (Wildman–Crippen LogP) is 3.98. The van der Waals surface area contributed by atoms with Gasteiger partial charge in [0, 0.05) is 24.4 Å². The highest BCUT2D eigenvalue weighted by atomic mass is 35.5. The zero-order chi connectivity index (χ0) is 14.8. The van der Waals surface area contributed by atoms with Gasteiger partial charge in [0.15, 0.2) is 0 Å². The average molecular weight is 312 g/mol. The largest absolute Gasteiger partial charge is 0.391 e. The Kier molecular flexibility index (Phi) is 5.21. The van der Waals surface area contributed by atoms with Gasteiger partial charge in [-0.2, -0.15) is 13.2 Å². The van der Waals surface area contributed by atoms with Gasteiger partial charge in [0.2, 0.25) is 5.91 Å². The van der Waals surface area contributed by atoms with Crippen molar-refractivity contribution in [2.24, 2.45) is 11.8 Å². The maximum Gasteiger partial charge on any atom is 0.391 e. The van der Waals surface area contributed by atoms with Crippen molar-refractivity contribution in [1.29, 1.82) is 0 Å². The minimum Gasteiger partial charge on any atom is -0.338 e. The first-order valence-electron chi connectivity index (χ1n) is 7.36. The molecule has 0 bridgehead atoms. The molecule has 0 aromatic rings. The SMILES string of the molecule is O=C(C1CCCC(C(F)(F)F)C1)N1CCCCC1CCl. The highest BCUT2D eigenvalue weighted by molar-refractivity contribution is 6.18. The number of rotatable bonds is 2. The van der Waals surface area contributed by atoms with Crippen molar-refractivity contribution in [3.63, 3.8) is 0 Å². The van der Waals surface area contributed by atoms with Gasteiger partial charge in [-0.05, 0) is 38.5 Å². The maximum atomic E-state index is 12.8. The molecule has 2 fully saturated rings. The van der Waals surface area contributed by atoms with Crippen LogP contribution in [-0.4, -0.2) is 35.4 Å². The van der Waals surface area contributed by atoms with E-state index in [1.165, 1.54) is 0 Å². The van der Waals surface area contributed by atoms with Crippen molar-refractivity contribution in [1.82, 2.24) is 4.90 Å². The van der Waals surface area contributed by atoms with Crippen LogP contribution in [0.25, 0.3) is 0 Å². The second-order valence-electron chi connectivity index (χ2n) is 5.94. The first kappa shape index (κ1) is 15.9. The lowest BCUT2D eigenvalue weighted by atomic mass is 9.80. The zero-order valence-corrected chi connectivity index (χ0v) is 12.2. The second-order valence-corrected chi connectivity index (χ2v) is 6.25. The fourth-order valence-electron chi connectivity index (χ4n) is 3.40. The van der Waals surface area contributed by atoms with Crippen molar-refractivity contribution in [2.45, 2.75) is 57.2 Å². The summed E-state index contributed by atoms with van der Waals surface area (Å²) in [5.74, 6) is -1.52. The Morgan fingerprint density at radius 1 is 1.15 bits per heavy atom. The Morgan fingerprint density at radius 2 is 1.90 bits per heavy atom. The molecule has 0 aromatic heterocycles. The Balaban J connectivity index is 2.00. The number of hydrogen-bond donors (Lipinski definition) is 0. The topological polar surface area (TPSA) is 20.3 Å². The molecule has 0 N–H and O–H groups in total. The fourth-order valence-corrected chi connectivity index (χ4v) is 3.72. The number of amides is 1. The molecule has 0 radical (unpaired) electrons. The molecular weight excluding hydrogens is 291 g/mol. The summed E-state index contributed by atoms with van der Waals surface area (Å²) < 4.78 is 38.5. The number of piperidine rings is 1. The van der Waals surface area contributed by atoms with E-state index in [4.69, 9.17) is 11.6 Å². The zero-order valence-electron chi connectivity index (χ0n) is 11.5. The van der Waals surface area contributed by atoms with E-state index in [-0.39, 0.29) is 24.8 Å². The predicted molar refractivity (Wildman–Crippen MR) is 71.6 cm³/mol. The van der Waals surface area contributed by atoms with Crippen LogP contribution in [0.3, 0.4) is 0 Å². The summed E-state index contributed by atoms with van der Waals surface area (Å²) in [5.41, 5.74) is 0. The van der Waals surface area contributed by atoms with Crippen molar-refractivity contribution < 1.29 is 18.0 Å². The molecule has 3 unspecified atom stereocenters. The molecule has 0 spiro atoms. The molecule has 3 atom stereocenters. The summed E-state index contributed by atoms with van der Waals surface area (Å²) >= 11 is 5.89. The van der Waals surface area contributed by atoms with Gasteiger partial charge < -0.3 is 4.90 Å². The van der Waals surface area contributed by atoms with Gasteiger partial charge >= 0.3 is 6.18 Å². The van der Waals surface area contributed by atoms with Crippen LogP contribution in [0.2, 0.25) is 0 Å². The number of halogens is 4. The second kappa shape index (κ2) is 6.54. The van der Waals surface area contributed by atoms with E-state index in [0.717, 1.165) is 19.3 Å². The van der Waals surface area contributed by atoms with Crippen molar-refractivity contribution in [3.05, 3.63) is 0 Å². The molecule has 1 aliphatic heterocycles. The van der Waals surface area contributed by atoms with Gasteiger partial charge in [-0.1, -0.05) is 6.42 Å². The van der Waals surface area contributed by atoms with E-state index in [2.05, 4.69) is 0 Å². The third kappa shape index (κ3) is 3.60. The molecule has 1 saturated heterocycles. The van der Waals surface area contributed by atoms with Crippen LogP contribution in [0.1, 0.15) is 44.9 Å². The lowest BCUT2D eigenvalue weighted by Crippen LogP contribution is -2.48. The Hall–Kier alpha value is -0.450. The third-order valence-electron chi connectivity index (χ3n) is 4.57. The van der Waals surface area contributed by atoms with Crippen LogP contribution >= 0.6 is 11.6 Å². The van der Waals surface area contributed by atoms with Gasteiger partial charge in [0.1, 0.15) is 0 Å². The van der Waals surface area contributed by atoms with E-state index in [0.29, 0.717) is 25.3 Å². The molecule has 0 aromatic carbocycles. The molecule has 2 rings (SSSR count). The van der Waals surface area contributed by atoms with E-state index >= 15 is 0 Å². The average Bonchev–Trinajstić information content (AvgIpc) is 2.45. The highest BCUT2D eigenvalue weighted by Gasteiger charge is 2.44. The fraction of sp³-hybridized carbons (Fsp3) is 0.929. The van der Waals surface area contributed by atoms with Crippen LogP contribution in [-0.2, 0) is 4.79 Å². The summed E-state index contributed by atoms with van der Waals surface area (Å²) in [4.78, 5) is 14.2. The number of nitrogens with zero attached hydrogens (tertiary/aromatic N) is 1. The molecule has 116 valence electrons. The highest BCUT2D eigenvalue weighted by Crippen LogP contribution is 2.40. The summed E-state index contributed by atoms with van der Waals surface area (Å²) in [7, 11) is 0. The monoisotopic (exact) mass is 311 g/mol. The molecular formula is C14H21ClF3NO. The maximum absolute atomic E-state index is 12.8. The number of carbonyl (C=O) groups is 1. The first-order valence-corrected chi connectivity index (χ1v) is 7.90. The van der Waals surface area contributed by atoms with E-state index in [9.17, 15) is 18.0 Å². The quantitative estimate of drug-likeness (QED) is 0.707. The molecule has 1 amide bonds. The van der Waals surface area contributed by atoms with Gasteiger partial charge in [-0.15, -0.1) is 11.6 Å². The van der Waals surface area contributed by atoms with Crippen molar-refractivity contribution >= 4 is 17.5 Å². The van der Waals surface area contributed by atoms with E-state index < -0.39 is 18.0 Å². The standard InChI is InChI=1S/C14H21ClF3NO/c15-9-12-6-1-2-7-19(12)13(20)10-4-3-5-11(8-10)14(16,17)18/h10-12H,1-9H2. The smallest absolute Gasteiger partial charge is 0.338 e. The van der Waals surface area contributed by atoms with Gasteiger partial charge in [-0.25, -0.2) is 0 Å². The Labute approximate surface area is 122 Å².